The maximum absolute atomic E-state index is 5.85. The maximum atomic E-state index is 5.85. The molecule has 0 unspecified atom stereocenters. The highest BCUT2D eigenvalue weighted by Gasteiger charge is 2.60. The van der Waals surface area contributed by atoms with E-state index in [0.717, 1.165) is 22.8 Å². The van der Waals surface area contributed by atoms with Gasteiger partial charge >= 0.3 is 0 Å². The Hall–Kier alpha value is 0.110. The SMILES string of the molecule is CC1(C)[C@@H]2CC[C@H](C2)[C@]1(C)N=C1O[C@H](CCl)CS1. The van der Waals surface area contributed by atoms with Crippen LogP contribution in [0, 0.1) is 17.3 Å². The van der Waals surface area contributed by atoms with Crippen molar-refractivity contribution >= 4 is 28.6 Å². The van der Waals surface area contributed by atoms with Crippen molar-refractivity contribution in [3.8, 4) is 0 Å². The largest absolute Gasteiger partial charge is 0.468 e. The predicted molar refractivity (Wildman–Crippen MR) is 78.5 cm³/mol. The van der Waals surface area contributed by atoms with Gasteiger partial charge in [-0.25, -0.2) is 4.99 Å². The van der Waals surface area contributed by atoms with Gasteiger partial charge in [0.05, 0.1) is 11.4 Å². The summed E-state index contributed by atoms with van der Waals surface area (Å²) in [5.74, 6) is 3.10. The summed E-state index contributed by atoms with van der Waals surface area (Å²) in [6, 6.07) is 0. The number of nitrogens with zero attached hydrogens (tertiary/aromatic N) is 1. The molecule has 0 N–H and O–H groups in total. The summed E-state index contributed by atoms with van der Waals surface area (Å²) in [5, 5.41) is 0.878. The van der Waals surface area contributed by atoms with Crippen molar-refractivity contribution in [2.45, 2.75) is 51.7 Å². The first-order chi connectivity index (χ1) is 8.47. The Bertz CT molecular complexity index is 384. The molecule has 3 rings (SSSR count). The summed E-state index contributed by atoms with van der Waals surface area (Å²) in [6.45, 7) is 7.11. The van der Waals surface area contributed by atoms with Gasteiger partial charge in [0.15, 0.2) is 0 Å². The van der Waals surface area contributed by atoms with E-state index in [1.54, 1.807) is 11.8 Å². The molecule has 0 spiro atoms. The van der Waals surface area contributed by atoms with Crippen molar-refractivity contribution in [3.05, 3.63) is 0 Å². The summed E-state index contributed by atoms with van der Waals surface area (Å²) < 4.78 is 5.82. The Balaban J connectivity index is 1.85. The molecule has 0 amide bonds. The first-order valence-corrected chi connectivity index (χ1v) is 8.44. The van der Waals surface area contributed by atoms with Gasteiger partial charge in [-0.05, 0) is 43.4 Å². The zero-order chi connectivity index (χ0) is 13.0. The topological polar surface area (TPSA) is 21.6 Å². The zero-order valence-corrected chi connectivity index (χ0v) is 13.0. The fourth-order valence-corrected chi connectivity index (χ4v) is 5.30. The Kier molecular flexibility index (Phi) is 3.14. The molecule has 4 heteroatoms. The van der Waals surface area contributed by atoms with E-state index >= 15 is 0 Å². The van der Waals surface area contributed by atoms with Crippen LogP contribution in [0.25, 0.3) is 0 Å². The fraction of sp³-hybridized carbons (Fsp3) is 0.929. The van der Waals surface area contributed by atoms with Crippen molar-refractivity contribution in [2.24, 2.45) is 22.2 Å². The summed E-state index contributed by atoms with van der Waals surface area (Å²) in [6.07, 6.45) is 4.23. The van der Waals surface area contributed by atoms with Crippen molar-refractivity contribution in [1.29, 1.82) is 0 Å². The molecule has 18 heavy (non-hydrogen) atoms. The molecule has 0 aromatic rings. The molecular weight excluding hydrogens is 266 g/mol. The number of hydrogen-bond acceptors (Lipinski definition) is 3. The molecule has 0 aromatic heterocycles. The lowest BCUT2D eigenvalue weighted by Crippen LogP contribution is -2.45. The molecule has 3 fully saturated rings. The Morgan fingerprint density at radius 3 is 2.61 bits per heavy atom. The van der Waals surface area contributed by atoms with Gasteiger partial charge in [0, 0.05) is 5.75 Å². The molecule has 3 aliphatic rings. The van der Waals surface area contributed by atoms with Crippen LogP contribution in [0.2, 0.25) is 0 Å². The van der Waals surface area contributed by atoms with E-state index in [1.807, 2.05) is 0 Å². The second kappa shape index (κ2) is 4.31. The van der Waals surface area contributed by atoms with Crippen LogP contribution in [0.5, 0.6) is 0 Å². The molecule has 102 valence electrons. The lowest BCUT2D eigenvalue weighted by molar-refractivity contribution is 0.100. The predicted octanol–water partition coefficient (Wildman–Crippen LogP) is 3.93. The Morgan fingerprint density at radius 2 is 2.06 bits per heavy atom. The molecule has 1 saturated heterocycles. The lowest BCUT2D eigenvalue weighted by Gasteiger charge is -2.44. The number of alkyl halides is 1. The molecule has 2 nitrogen and oxygen atoms in total. The van der Waals surface area contributed by atoms with Gasteiger partial charge in [0.2, 0.25) is 5.23 Å². The normalized spacial score (nSPS) is 47.8. The fourth-order valence-electron chi connectivity index (χ4n) is 4.02. The summed E-state index contributed by atoms with van der Waals surface area (Å²) >= 11 is 7.58. The van der Waals surface area contributed by atoms with Crippen molar-refractivity contribution in [3.63, 3.8) is 0 Å². The minimum absolute atomic E-state index is 0.0550. The van der Waals surface area contributed by atoms with Crippen LogP contribution in [0.1, 0.15) is 40.0 Å². The van der Waals surface area contributed by atoms with E-state index < -0.39 is 0 Å². The first-order valence-electron chi connectivity index (χ1n) is 6.92. The number of halogens is 1. The van der Waals surface area contributed by atoms with E-state index in [9.17, 15) is 0 Å². The molecule has 0 radical (unpaired) electrons. The number of fused-ring (bicyclic) bond motifs is 2. The summed E-state index contributed by atoms with van der Waals surface area (Å²) in [5.41, 5.74) is 0.353. The molecule has 1 heterocycles. The van der Waals surface area contributed by atoms with Gasteiger partial charge < -0.3 is 4.74 Å². The highest BCUT2D eigenvalue weighted by atomic mass is 35.5. The number of ether oxygens (including phenoxy) is 1. The third kappa shape index (κ3) is 1.73. The second-order valence-corrected chi connectivity index (χ2v) is 7.94. The highest BCUT2D eigenvalue weighted by Crippen LogP contribution is 2.63. The molecule has 4 atom stereocenters. The minimum Gasteiger partial charge on any atom is -0.468 e. The molecule has 2 aliphatic carbocycles. The van der Waals surface area contributed by atoms with Gasteiger partial charge in [-0.2, -0.15) is 0 Å². The van der Waals surface area contributed by atoms with Gasteiger partial charge in [-0.15, -0.1) is 11.6 Å². The highest BCUT2D eigenvalue weighted by molar-refractivity contribution is 8.13. The van der Waals surface area contributed by atoms with E-state index in [0.29, 0.717) is 11.3 Å². The summed E-state index contributed by atoms with van der Waals surface area (Å²) in [4.78, 5) is 5.04. The van der Waals surface area contributed by atoms with Crippen LogP contribution < -0.4 is 0 Å². The third-order valence-electron chi connectivity index (χ3n) is 5.71. The van der Waals surface area contributed by atoms with Crippen LogP contribution in [0.4, 0.5) is 0 Å². The molecule has 2 bridgehead atoms. The number of thioether (sulfide) groups is 1. The number of rotatable bonds is 2. The van der Waals surface area contributed by atoms with Crippen molar-refractivity contribution in [2.75, 3.05) is 11.6 Å². The van der Waals surface area contributed by atoms with Crippen LogP contribution in [0.15, 0.2) is 4.99 Å². The minimum atomic E-state index is 0.0550. The van der Waals surface area contributed by atoms with E-state index in [1.165, 1.54) is 19.3 Å². The smallest absolute Gasteiger partial charge is 0.246 e. The molecule has 0 aromatic carbocycles. The number of aliphatic imine (C=N–C) groups is 1. The molecule has 2 saturated carbocycles. The van der Waals surface area contributed by atoms with Gasteiger partial charge in [0.1, 0.15) is 6.10 Å². The van der Waals surface area contributed by atoms with Crippen LogP contribution in [0.3, 0.4) is 0 Å². The van der Waals surface area contributed by atoms with Crippen molar-refractivity contribution in [1.82, 2.24) is 0 Å². The van der Waals surface area contributed by atoms with E-state index in [-0.39, 0.29) is 11.6 Å². The average Bonchev–Trinajstić information content (AvgIpc) is 2.99. The Morgan fingerprint density at radius 1 is 1.33 bits per heavy atom. The van der Waals surface area contributed by atoms with Crippen LogP contribution in [-0.2, 0) is 4.74 Å². The van der Waals surface area contributed by atoms with E-state index in [4.69, 9.17) is 21.3 Å². The maximum Gasteiger partial charge on any atom is 0.246 e. The van der Waals surface area contributed by atoms with Gasteiger partial charge in [-0.3, -0.25) is 0 Å². The van der Waals surface area contributed by atoms with Crippen molar-refractivity contribution < 1.29 is 4.74 Å². The average molecular weight is 288 g/mol. The summed E-state index contributed by atoms with van der Waals surface area (Å²) in [7, 11) is 0. The molecule has 1 aliphatic heterocycles. The second-order valence-electron chi connectivity index (χ2n) is 6.66. The lowest BCUT2D eigenvalue weighted by atomic mass is 9.64. The third-order valence-corrected chi connectivity index (χ3v) is 7.03. The van der Waals surface area contributed by atoms with E-state index in [2.05, 4.69) is 20.8 Å². The quantitative estimate of drug-likeness (QED) is 0.718. The number of hydrogen-bond donors (Lipinski definition) is 0. The monoisotopic (exact) mass is 287 g/mol. The standard InChI is InChI=1S/C14H22ClNOS/c1-13(2)9-4-5-10(6-9)14(13,3)16-12-17-11(7-15)8-18-12/h9-11H,4-8H2,1-3H3/t9-,10-,11-,14+/m1/s1. The van der Waals surface area contributed by atoms with Crippen LogP contribution >= 0.6 is 23.4 Å². The Labute approximate surface area is 119 Å². The van der Waals surface area contributed by atoms with Gasteiger partial charge in [-0.1, -0.05) is 25.6 Å². The molecular formula is C14H22ClNOS. The zero-order valence-electron chi connectivity index (χ0n) is 11.4. The van der Waals surface area contributed by atoms with Gasteiger partial charge in [0.25, 0.3) is 0 Å². The first kappa shape index (κ1) is 13.1. The van der Waals surface area contributed by atoms with Crippen LogP contribution in [-0.4, -0.2) is 28.5 Å².